The van der Waals surface area contributed by atoms with Crippen molar-refractivity contribution in [1.82, 2.24) is 9.88 Å². The molecule has 0 saturated carbocycles. The molecule has 0 bridgehead atoms. The Labute approximate surface area is 174 Å². The van der Waals surface area contributed by atoms with Gasteiger partial charge in [-0.3, -0.25) is 9.69 Å². The van der Waals surface area contributed by atoms with Crippen LogP contribution in [0.2, 0.25) is 0 Å². The maximum Gasteiger partial charge on any atom is 0.260 e. The summed E-state index contributed by atoms with van der Waals surface area (Å²) in [4.78, 5) is 21.2. The minimum atomic E-state index is -0.725. The van der Waals surface area contributed by atoms with Gasteiger partial charge in [0.25, 0.3) is 5.91 Å². The van der Waals surface area contributed by atoms with E-state index in [1.807, 2.05) is 0 Å². The van der Waals surface area contributed by atoms with E-state index in [-0.39, 0.29) is 11.4 Å². The molecule has 2 aromatic carbocycles. The Hall–Kier alpha value is -1.90. The lowest BCUT2D eigenvalue weighted by atomic mass is 10.2. The molecule has 28 heavy (non-hydrogen) atoms. The van der Waals surface area contributed by atoms with Gasteiger partial charge in [-0.25, -0.2) is 13.8 Å². The summed E-state index contributed by atoms with van der Waals surface area (Å²) in [5.41, 5.74) is 0.589. The van der Waals surface area contributed by atoms with Crippen LogP contribution in [0, 0.1) is 11.6 Å². The number of carbonyl (C=O) groups is 1. The molecule has 3 aromatic rings. The van der Waals surface area contributed by atoms with E-state index in [0.717, 1.165) is 35.0 Å². The number of benzene rings is 2. The molecule has 0 atom stereocenters. The molecule has 148 valence electrons. The lowest BCUT2D eigenvalue weighted by Gasteiger charge is -2.24. The number of likely N-dealkylation sites (N-methyl/N-ethyl adjacent to an activating group) is 1. The molecule has 1 amide bonds. The first-order valence-electron chi connectivity index (χ1n) is 8.98. The fraction of sp³-hybridized carbons (Fsp3) is 0.300. The number of halogens is 3. The Balaban J connectivity index is 1.98. The van der Waals surface area contributed by atoms with Crippen LogP contribution in [-0.2, 0) is 0 Å². The van der Waals surface area contributed by atoms with E-state index in [1.54, 1.807) is 29.2 Å². The van der Waals surface area contributed by atoms with E-state index in [2.05, 4.69) is 39.7 Å². The van der Waals surface area contributed by atoms with Crippen molar-refractivity contribution in [2.75, 3.05) is 31.1 Å². The van der Waals surface area contributed by atoms with Gasteiger partial charge in [0, 0.05) is 29.2 Å². The van der Waals surface area contributed by atoms with Gasteiger partial charge in [0.2, 0.25) is 0 Å². The average molecular weight is 468 g/mol. The van der Waals surface area contributed by atoms with Crippen molar-refractivity contribution in [3.8, 4) is 0 Å². The van der Waals surface area contributed by atoms with Crippen LogP contribution < -0.4 is 4.90 Å². The van der Waals surface area contributed by atoms with Crippen molar-refractivity contribution in [2.24, 2.45) is 0 Å². The van der Waals surface area contributed by atoms with E-state index in [0.29, 0.717) is 28.5 Å². The number of fused-ring (bicyclic) bond motifs is 1. The lowest BCUT2D eigenvalue weighted by Crippen LogP contribution is -2.38. The minimum Gasteiger partial charge on any atom is -0.302 e. The number of hydrogen-bond donors (Lipinski definition) is 0. The summed E-state index contributed by atoms with van der Waals surface area (Å²) in [6.07, 6.45) is 0. The number of aromatic nitrogens is 1. The second-order valence-corrected chi connectivity index (χ2v) is 8.15. The molecular weight excluding hydrogens is 448 g/mol. The number of hydrogen-bond acceptors (Lipinski definition) is 4. The third-order valence-corrected chi connectivity index (χ3v) is 6.06. The highest BCUT2D eigenvalue weighted by atomic mass is 79.9. The van der Waals surface area contributed by atoms with Crippen LogP contribution in [0.25, 0.3) is 10.2 Å². The minimum absolute atomic E-state index is 0.0813. The first kappa shape index (κ1) is 20.8. The second kappa shape index (κ2) is 9.07. The van der Waals surface area contributed by atoms with Gasteiger partial charge in [0.1, 0.15) is 11.3 Å². The molecule has 4 nitrogen and oxygen atoms in total. The summed E-state index contributed by atoms with van der Waals surface area (Å²) >= 11 is 4.48. The standard InChI is InChI=1S/C20H20BrF2N3OS/c1-3-25(4-2)9-10-26(19(27)13-5-7-14(21)8-6-13)20-24-18-16(23)11-15(22)12-17(18)28-20/h5-8,11-12H,3-4,9-10H2,1-2H3. The van der Waals surface area contributed by atoms with Gasteiger partial charge < -0.3 is 4.90 Å². The maximum absolute atomic E-state index is 14.1. The van der Waals surface area contributed by atoms with Crippen LogP contribution in [0.3, 0.4) is 0 Å². The molecular formula is C20H20BrF2N3OS. The largest absolute Gasteiger partial charge is 0.302 e. The molecule has 0 aliphatic rings. The van der Waals surface area contributed by atoms with Crippen LogP contribution in [0.4, 0.5) is 13.9 Å². The zero-order chi connectivity index (χ0) is 20.3. The molecule has 0 aliphatic carbocycles. The van der Waals surface area contributed by atoms with Crippen molar-refractivity contribution < 1.29 is 13.6 Å². The smallest absolute Gasteiger partial charge is 0.260 e. The van der Waals surface area contributed by atoms with E-state index in [9.17, 15) is 13.6 Å². The molecule has 0 fully saturated rings. The van der Waals surface area contributed by atoms with Gasteiger partial charge in [-0.1, -0.05) is 41.1 Å². The van der Waals surface area contributed by atoms with Crippen molar-refractivity contribution in [3.05, 3.63) is 58.1 Å². The van der Waals surface area contributed by atoms with Crippen LogP contribution >= 0.6 is 27.3 Å². The van der Waals surface area contributed by atoms with Crippen LogP contribution in [0.15, 0.2) is 40.9 Å². The van der Waals surface area contributed by atoms with Crippen molar-refractivity contribution in [3.63, 3.8) is 0 Å². The topological polar surface area (TPSA) is 36.4 Å². The van der Waals surface area contributed by atoms with Gasteiger partial charge in [-0.2, -0.15) is 0 Å². The number of carbonyl (C=O) groups excluding carboxylic acids is 1. The number of anilines is 1. The fourth-order valence-electron chi connectivity index (χ4n) is 2.87. The molecule has 0 radical (unpaired) electrons. The second-order valence-electron chi connectivity index (χ2n) is 6.22. The maximum atomic E-state index is 14.1. The van der Waals surface area contributed by atoms with Crippen molar-refractivity contribution in [1.29, 1.82) is 0 Å². The SMILES string of the molecule is CCN(CC)CCN(C(=O)c1ccc(Br)cc1)c1nc2c(F)cc(F)cc2s1. The zero-order valence-corrected chi connectivity index (χ0v) is 18.0. The molecule has 0 unspecified atom stereocenters. The highest BCUT2D eigenvalue weighted by Gasteiger charge is 2.23. The molecule has 0 aliphatic heterocycles. The molecule has 1 heterocycles. The summed E-state index contributed by atoms with van der Waals surface area (Å²) in [5, 5.41) is 0.361. The summed E-state index contributed by atoms with van der Waals surface area (Å²) in [6, 6.07) is 9.09. The number of amides is 1. The normalized spacial score (nSPS) is 11.4. The fourth-order valence-corrected chi connectivity index (χ4v) is 4.17. The predicted octanol–water partition coefficient (Wildman–Crippen LogP) is 5.33. The molecule has 3 rings (SSSR count). The van der Waals surface area contributed by atoms with Gasteiger partial charge in [0.15, 0.2) is 10.9 Å². The van der Waals surface area contributed by atoms with E-state index in [4.69, 9.17) is 0 Å². The van der Waals surface area contributed by atoms with Gasteiger partial charge in [0.05, 0.1) is 4.70 Å². The van der Waals surface area contributed by atoms with Gasteiger partial charge in [-0.05, 0) is 43.4 Å². The van der Waals surface area contributed by atoms with E-state index >= 15 is 0 Å². The predicted molar refractivity (Wildman–Crippen MR) is 113 cm³/mol. The van der Waals surface area contributed by atoms with Gasteiger partial charge >= 0.3 is 0 Å². The summed E-state index contributed by atoms with van der Waals surface area (Å²) in [7, 11) is 0. The molecule has 8 heteroatoms. The Morgan fingerprint density at radius 2 is 1.79 bits per heavy atom. The summed E-state index contributed by atoms with van der Waals surface area (Å²) in [6.45, 7) is 6.88. The number of thiazole rings is 1. The zero-order valence-electron chi connectivity index (χ0n) is 15.6. The third-order valence-electron chi connectivity index (χ3n) is 4.50. The Kier molecular flexibility index (Phi) is 6.74. The Morgan fingerprint density at radius 3 is 2.43 bits per heavy atom. The highest BCUT2D eigenvalue weighted by Crippen LogP contribution is 2.32. The molecule has 0 spiro atoms. The summed E-state index contributed by atoms with van der Waals surface area (Å²) in [5.74, 6) is -1.61. The monoisotopic (exact) mass is 467 g/mol. The van der Waals surface area contributed by atoms with E-state index in [1.165, 1.54) is 6.07 Å². The first-order chi connectivity index (χ1) is 13.4. The number of nitrogens with zero attached hydrogens (tertiary/aromatic N) is 3. The van der Waals surface area contributed by atoms with E-state index < -0.39 is 11.6 Å². The van der Waals surface area contributed by atoms with Crippen LogP contribution in [0.1, 0.15) is 24.2 Å². The third kappa shape index (κ3) is 4.56. The quantitative estimate of drug-likeness (QED) is 0.471. The van der Waals surface area contributed by atoms with Crippen LogP contribution in [-0.4, -0.2) is 42.0 Å². The first-order valence-corrected chi connectivity index (χ1v) is 10.6. The Morgan fingerprint density at radius 1 is 1.11 bits per heavy atom. The van der Waals surface area contributed by atoms with Crippen LogP contribution in [0.5, 0.6) is 0 Å². The average Bonchev–Trinajstić information content (AvgIpc) is 3.09. The number of rotatable bonds is 7. The highest BCUT2D eigenvalue weighted by molar-refractivity contribution is 9.10. The lowest BCUT2D eigenvalue weighted by molar-refractivity contribution is 0.0983. The Bertz CT molecular complexity index is 973. The molecule has 1 aromatic heterocycles. The summed E-state index contributed by atoms with van der Waals surface area (Å²) < 4.78 is 28.9. The molecule has 0 N–H and O–H groups in total. The molecule has 0 saturated heterocycles. The van der Waals surface area contributed by atoms with Crippen molar-refractivity contribution >= 4 is 48.5 Å². The van der Waals surface area contributed by atoms with Gasteiger partial charge in [-0.15, -0.1) is 0 Å². The van der Waals surface area contributed by atoms with Crippen molar-refractivity contribution in [2.45, 2.75) is 13.8 Å².